The van der Waals surface area contributed by atoms with E-state index in [0.717, 1.165) is 6.42 Å². The molecule has 0 aliphatic carbocycles. The van der Waals surface area contributed by atoms with Gasteiger partial charge >= 0.3 is 0 Å². The fraction of sp³-hybridized carbons (Fsp3) is 0.357. The van der Waals surface area contributed by atoms with Crippen LogP contribution in [0, 0.1) is 12.7 Å². The molecule has 1 aromatic rings. The van der Waals surface area contributed by atoms with Crippen molar-refractivity contribution in [1.82, 2.24) is 4.90 Å². The van der Waals surface area contributed by atoms with Gasteiger partial charge in [0.15, 0.2) is 0 Å². The SMILES string of the molecule is C=CCN(CCC)C(=O)c1cccc(C)c1F. The average Bonchev–Trinajstić information content (AvgIpc) is 2.31. The molecule has 0 saturated heterocycles. The van der Waals surface area contributed by atoms with Crippen molar-refractivity contribution >= 4 is 5.91 Å². The summed E-state index contributed by atoms with van der Waals surface area (Å²) >= 11 is 0. The normalized spacial score (nSPS) is 10.1. The van der Waals surface area contributed by atoms with Gasteiger partial charge in [0.1, 0.15) is 5.82 Å². The van der Waals surface area contributed by atoms with E-state index >= 15 is 0 Å². The summed E-state index contributed by atoms with van der Waals surface area (Å²) in [6.07, 6.45) is 2.49. The van der Waals surface area contributed by atoms with Crippen LogP contribution in [0.4, 0.5) is 4.39 Å². The molecular weight excluding hydrogens is 217 g/mol. The molecule has 0 N–H and O–H groups in total. The maximum absolute atomic E-state index is 13.8. The van der Waals surface area contributed by atoms with E-state index in [4.69, 9.17) is 0 Å². The Bertz CT molecular complexity index is 415. The minimum Gasteiger partial charge on any atom is -0.335 e. The fourth-order valence-electron chi connectivity index (χ4n) is 1.68. The lowest BCUT2D eigenvalue weighted by Gasteiger charge is -2.20. The Hall–Kier alpha value is -1.64. The number of carbonyl (C=O) groups is 1. The quantitative estimate of drug-likeness (QED) is 0.718. The average molecular weight is 235 g/mol. The lowest BCUT2D eigenvalue weighted by atomic mass is 10.1. The maximum atomic E-state index is 13.8. The molecule has 17 heavy (non-hydrogen) atoms. The number of halogens is 1. The van der Waals surface area contributed by atoms with Crippen LogP contribution in [0.25, 0.3) is 0 Å². The molecule has 0 spiro atoms. The van der Waals surface area contributed by atoms with Crippen molar-refractivity contribution in [2.45, 2.75) is 20.3 Å². The number of benzene rings is 1. The van der Waals surface area contributed by atoms with Crippen molar-refractivity contribution in [3.63, 3.8) is 0 Å². The molecule has 0 aromatic heterocycles. The Kier molecular flexibility index (Phi) is 4.88. The molecule has 3 heteroatoms. The summed E-state index contributed by atoms with van der Waals surface area (Å²) in [4.78, 5) is 13.7. The van der Waals surface area contributed by atoms with Crippen molar-refractivity contribution in [1.29, 1.82) is 0 Å². The smallest absolute Gasteiger partial charge is 0.257 e. The van der Waals surface area contributed by atoms with Crippen LogP contribution >= 0.6 is 0 Å². The largest absolute Gasteiger partial charge is 0.335 e. The van der Waals surface area contributed by atoms with Gasteiger partial charge in [-0.1, -0.05) is 25.1 Å². The Morgan fingerprint density at radius 1 is 1.53 bits per heavy atom. The predicted octanol–water partition coefficient (Wildman–Crippen LogP) is 3.17. The number of amides is 1. The Labute approximate surface area is 102 Å². The third-order valence-electron chi connectivity index (χ3n) is 2.55. The minimum atomic E-state index is -0.428. The van der Waals surface area contributed by atoms with Crippen LogP contribution < -0.4 is 0 Å². The number of aryl methyl sites for hydroxylation is 1. The van der Waals surface area contributed by atoms with Gasteiger partial charge in [0, 0.05) is 13.1 Å². The topological polar surface area (TPSA) is 20.3 Å². The van der Waals surface area contributed by atoms with Crippen molar-refractivity contribution in [2.24, 2.45) is 0 Å². The van der Waals surface area contributed by atoms with E-state index in [-0.39, 0.29) is 11.5 Å². The summed E-state index contributed by atoms with van der Waals surface area (Å²) in [5.41, 5.74) is 0.631. The van der Waals surface area contributed by atoms with Gasteiger partial charge in [0.05, 0.1) is 5.56 Å². The summed E-state index contributed by atoms with van der Waals surface area (Å²) in [6, 6.07) is 4.88. The Morgan fingerprint density at radius 2 is 2.24 bits per heavy atom. The molecule has 0 unspecified atom stereocenters. The van der Waals surface area contributed by atoms with Crippen LogP contribution in [-0.4, -0.2) is 23.9 Å². The van der Waals surface area contributed by atoms with Gasteiger partial charge in [0.2, 0.25) is 0 Å². The third-order valence-corrected chi connectivity index (χ3v) is 2.55. The number of rotatable bonds is 5. The first-order valence-corrected chi connectivity index (χ1v) is 5.77. The Morgan fingerprint density at radius 3 is 2.82 bits per heavy atom. The highest BCUT2D eigenvalue weighted by Gasteiger charge is 2.18. The zero-order chi connectivity index (χ0) is 12.8. The van der Waals surface area contributed by atoms with Gasteiger partial charge in [0.25, 0.3) is 5.91 Å². The van der Waals surface area contributed by atoms with Crippen LogP contribution in [0.2, 0.25) is 0 Å². The highest BCUT2D eigenvalue weighted by Crippen LogP contribution is 2.14. The van der Waals surface area contributed by atoms with Crippen LogP contribution in [0.3, 0.4) is 0 Å². The molecule has 0 fully saturated rings. The molecule has 0 atom stereocenters. The molecule has 1 amide bonds. The van der Waals surface area contributed by atoms with Crippen LogP contribution in [0.5, 0.6) is 0 Å². The second-order valence-corrected chi connectivity index (χ2v) is 3.98. The van der Waals surface area contributed by atoms with Gasteiger partial charge in [-0.3, -0.25) is 4.79 Å². The van der Waals surface area contributed by atoms with Crippen molar-refractivity contribution in [2.75, 3.05) is 13.1 Å². The standard InChI is InChI=1S/C14H18FNO/c1-4-9-16(10-5-2)14(17)12-8-6-7-11(3)13(12)15/h4,6-8H,1,5,9-10H2,2-3H3. The van der Waals surface area contributed by atoms with Gasteiger partial charge in [-0.2, -0.15) is 0 Å². The van der Waals surface area contributed by atoms with Crippen LogP contribution in [0.1, 0.15) is 29.3 Å². The van der Waals surface area contributed by atoms with E-state index in [9.17, 15) is 9.18 Å². The first kappa shape index (κ1) is 13.4. The highest BCUT2D eigenvalue weighted by molar-refractivity contribution is 5.94. The van der Waals surface area contributed by atoms with Crippen molar-refractivity contribution in [3.8, 4) is 0 Å². The molecule has 1 rings (SSSR count). The van der Waals surface area contributed by atoms with E-state index in [2.05, 4.69) is 6.58 Å². The first-order valence-electron chi connectivity index (χ1n) is 5.77. The monoisotopic (exact) mass is 235 g/mol. The molecule has 0 aliphatic rings. The van der Waals surface area contributed by atoms with Crippen LogP contribution in [-0.2, 0) is 0 Å². The second kappa shape index (κ2) is 6.18. The molecule has 0 bridgehead atoms. The van der Waals surface area contributed by atoms with Crippen molar-refractivity contribution < 1.29 is 9.18 Å². The van der Waals surface area contributed by atoms with E-state index in [1.54, 1.807) is 30.0 Å². The molecule has 0 radical (unpaired) electrons. The molecule has 0 saturated carbocycles. The molecule has 92 valence electrons. The van der Waals surface area contributed by atoms with Gasteiger partial charge < -0.3 is 4.90 Å². The highest BCUT2D eigenvalue weighted by atomic mass is 19.1. The number of carbonyl (C=O) groups excluding carboxylic acids is 1. The van der Waals surface area contributed by atoms with Gasteiger partial charge in [-0.25, -0.2) is 4.39 Å². The lowest BCUT2D eigenvalue weighted by molar-refractivity contribution is 0.0769. The first-order chi connectivity index (χ1) is 8.11. The number of hydrogen-bond acceptors (Lipinski definition) is 1. The summed E-state index contributed by atoms with van der Waals surface area (Å²) in [5.74, 6) is -0.699. The molecule has 0 aliphatic heterocycles. The van der Waals surface area contributed by atoms with Crippen molar-refractivity contribution in [3.05, 3.63) is 47.8 Å². The zero-order valence-electron chi connectivity index (χ0n) is 10.4. The van der Waals surface area contributed by atoms with E-state index < -0.39 is 5.82 Å². The second-order valence-electron chi connectivity index (χ2n) is 3.98. The zero-order valence-corrected chi connectivity index (χ0v) is 10.4. The number of nitrogens with zero attached hydrogens (tertiary/aromatic N) is 1. The summed E-state index contributed by atoms with van der Waals surface area (Å²) < 4.78 is 13.8. The fourth-order valence-corrected chi connectivity index (χ4v) is 1.68. The molecule has 2 nitrogen and oxygen atoms in total. The summed E-state index contributed by atoms with van der Waals surface area (Å²) in [6.45, 7) is 8.30. The maximum Gasteiger partial charge on any atom is 0.257 e. The molecule has 1 aromatic carbocycles. The minimum absolute atomic E-state index is 0.139. The van der Waals surface area contributed by atoms with E-state index in [1.807, 2.05) is 6.92 Å². The van der Waals surface area contributed by atoms with Gasteiger partial charge in [-0.15, -0.1) is 6.58 Å². The van der Waals surface area contributed by atoms with E-state index in [0.29, 0.717) is 18.7 Å². The molecule has 0 heterocycles. The number of hydrogen-bond donors (Lipinski definition) is 0. The van der Waals surface area contributed by atoms with Gasteiger partial charge in [-0.05, 0) is 25.0 Å². The summed E-state index contributed by atoms with van der Waals surface area (Å²) in [7, 11) is 0. The van der Waals surface area contributed by atoms with Crippen LogP contribution in [0.15, 0.2) is 30.9 Å². The Balaban J connectivity index is 3.00. The molecular formula is C14H18FNO. The summed E-state index contributed by atoms with van der Waals surface area (Å²) in [5, 5.41) is 0. The lowest BCUT2D eigenvalue weighted by Crippen LogP contribution is -2.32. The third kappa shape index (κ3) is 3.16. The van der Waals surface area contributed by atoms with E-state index in [1.165, 1.54) is 6.07 Å². The predicted molar refractivity (Wildman–Crippen MR) is 67.5 cm³/mol.